The van der Waals surface area contributed by atoms with Crippen LogP contribution >= 0.6 is 0 Å². The molecule has 0 aliphatic heterocycles. The van der Waals surface area contributed by atoms with Gasteiger partial charge in [-0.25, -0.2) is 0 Å². The third-order valence-corrected chi connectivity index (χ3v) is 2.49. The van der Waals surface area contributed by atoms with Crippen LogP contribution in [0.5, 0.6) is 5.75 Å². The Hall–Kier alpha value is -1.11. The number of hydrogen-bond acceptors (Lipinski definition) is 5. The van der Waals surface area contributed by atoms with E-state index in [4.69, 9.17) is 10.8 Å². The number of nitrogens with two attached hydrogens (primary N) is 1. The van der Waals surface area contributed by atoms with E-state index in [2.05, 4.69) is 4.18 Å². The maximum atomic E-state index is 10.8. The van der Waals surface area contributed by atoms with Crippen LogP contribution < -0.4 is 9.92 Å². The number of rotatable bonds is 5. The molecule has 0 aliphatic carbocycles. The van der Waals surface area contributed by atoms with Gasteiger partial charge in [0.15, 0.2) is 0 Å². The molecule has 0 radical (unpaired) electrons. The van der Waals surface area contributed by atoms with Gasteiger partial charge in [-0.3, -0.25) is 0 Å². The Morgan fingerprint density at radius 3 is 2.38 bits per heavy atom. The molecule has 0 fully saturated rings. The molecule has 0 spiro atoms. The average Bonchev–Trinajstić information content (AvgIpc) is 2.16. The number of aliphatic hydroxyl groups is 1. The summed E-state index contributed by atoms with van der Waals surface area (Å²) >= 11 is 0. The highest BCUT2D eigenvalue weighted by molar-refractivity contribution is 7.86. The minimum atomic E-state index is -3.49. The Balaban J connectivity index is 2.75. The lowest BCUT2D eigenvalue weighted by Crippen LogP contribution is -2.12. The fourth-order valence-corrected chi connectivity index (χ4v) is 1.71. The van der Waals surface area contributed by atoms with E-state index in [1.165, 1.54) is 12.1 Å². The molecular formula is C10H15NO4S. The van der Waals surface area contributed by atoms with Crippen molar-refractivity contribution in [2.24, 2.45) is 5.73 Å². The monoisotopic (exact) mass is 245 g/mol. The van der Waals surface area contributed by atoms with Gasteiger partial charge in [0.05, 0.1) is 6.26 Å². The first-order valence-corrected chi connectivity index (χ1v) is 6.60. The second kappa shape index (κ2) is 5.29. The smallest absolute Gasteiger partial charge is 0.306 e. The highest BCUT2D eigenvalue weighted by Crippen LogP contribution is 2.19. The van der Waals surface area contributed by atoms with Gasteiger partial charge in [-0.1, -0.05) is 12.1 Å². The summed E-state index contributed by atoms with van der Waals surface area (Å²) in [6, 6.07) is 6.18. The molecule has 5 nitrogen and oxygen atoms in total. The standard InChI is InChI=1S/C10H15NO4S/c1-16(13,14)15-9-4-2-8(3-5-9)10(11)6-7-12/h2-5,10,12H,6-7,11H2,1H3. The Bertz CT molecular complexity index is 427. The zero-order valence-electron chi connectivity index (χ0n) is 8.96. The summed E-state index contributed by atoms with van der Waals surface area (Å²) in [6.45, 7) is 0.0166. The number of benzene rings is 1. The molecule has 0 saturated carbocycles. The van der Waals surface area contributed by atoms with Crippen molar-refractivity contribution in [2.75, 3.05) is 12.9 Å². The van der Waals surface area contributed by atoms with E-state index in [9.17, 15) is 8.42 Å². The first kappa shape index (κ1) is 13.0. The van der Waals surface area contributed by atoms with Crippen molar-refractivity contribution >= 4 is 10.1 Å². The molecule has 0 amide bonds. The normalized spacial score (nSPS) is 13.4. The van der Waals surface area contributed by atoms with Crippen molar-refractivity contribution < 1.29 is 17.7 Å². The van der Waals surface area contributed by atoms with Gasteiger partial charge in [-0.05, 0) is 24.1 Å². The van der Waals surface area contributed by atoms with Gasteiger partial charge in [-0.2, -0.15) is 8.42 Å². The van der Waals surface area contributed by atoms with E-state index in [1.54, 1.807) is 12.1 Å². The third kappa shape index (κ3) is 4.18. The maximum absolute atomic E-state index is 10.8. The van der Waals surface area contributed by atoms with E-state index in [1.807, 2.05) is 0 Å². The quantitative estimate of drug-likeness (QED) is 0.733. The number of aliphatic hydroxyl groups excluding tert-OH is 1. The Kier molecular flexibility index (Phi) is 4.28. The number of hydrogen-bond donors (Lipinski definition) is 2. The molecule has 16 heavy (non-hydrogen) atoms. The second-order valence-corrected chi connectivity index (χ2v) is 5.05. The molecule has 0 saturated heterocycles. The SMILES string of the molecule is CS(=O)(=O)Oc1ccc(C(N)CCO)cc1. The Morgan fingerprint density at radius 2 is 1.94 bits per heavy atom. The van der Waals surface area contributed by atoms with Gasteiger partial charge in [0, 0.05) is 12.6 Å². The summed E-state index contributed by atoms with van der Waals surface area (Å²) < 4.78 is 26.4. The summed E-state index contributed by atoms with van der Waals surface area (Å²) in [6.07, 6.45) is 1.45. The topological polar surface area (TPSA) is 89.6 Å². The lowest BCUT2D eigenvalue weighted by atomic mass is 10.1. The average molecular weight is 245 g/mol. The van der Waals surface area contributed by atoms with Crippen LogP contribution in [0.3, 0.4) is 0 Å². The molecule has 1 aromatic carbocycles. The molecule has 0 aliphatic rings. The van der Waals surface area contributed by atoms with Crippen molar-refractivity contribution in [2.45, 2.75) is 12.5 Å². The summed E-state index contributed by atoms with van der Waals surface area (Å²) in [4.78, 5) is 0. The van der Waals surface area contributed by atoms with Crippen LogP contribution in [0.25, 0.3) is 0 Å². The lowest BCUT2D eigenvalue weighted by molar-refractivity contribution is 0.276. The Labute approximate surface area is 95.0 Å². The zero-order chi connectivity index (χ0) is 12.2. The largest absolute Gasteiger partial charge is 0.396 e. The molecule has 3 N–H and O–H groups in total. The minimum Gasteiger partial charge on any atom is -0.396 e. The van der Waals surface area contributed by atoms with E-state index < -0.39 is 10.1 Å². The fraction of sp³-hybridized carbons (Fsp3) is 0.400. The summed E-state index contributed by atoms with van der Waals surface area (Å²) in [5.74, 6) is 0.252. The molecule has 0 heterocycles. The molecule has 90 valence electrons. The van der Waals surface area contributed by atoms with Crippen LogP contribution in [0.2, 0.25) is 0 Å². The molecule has 1 unspecified atom stereocenters. The third-order valence-electron chi connectivity index (χ3n) is 2.00. The van der Waals surface area contributed by atoms with Crippen LogP contribution in [0, 0.1) is 0 Å². The van der Waals surface area contributed by atoms with Crippen LogP contribution in [0.4, 0.5) is 0 Å². The molecule has 1 atom stereocenters. The highest BCUT2D eigenvalue weighted by Gasteiger charge is 2.07. The molecule has 6 heteroatoms. The van der Waals surface area contributed by atoms with Crippen molar-refractivity contribution in [1.29, 1.82) is 0 Å². The van der Waals surface area contributed by atoms with Gasteiger partial charge in [0.2, 0.25) is 0 Å². The highest BCUT2D eigenvalue weighted by atomic mass is 32.2. The van der Waals surface area contributed by atoms with Crippen molar-refractivity contribution in [3.05, 3.63) is 29.8 Å². The fourth-order valence-electron chi connectivity index (χ4n) is 1.25. The van der Waals surface area contributed by atoms with Crippen molar-refractivity contribution in [3.8, 4) is 5.75 Å². The molecule has 0 bridgehead atoms. The molecule has 0 aromatic heterocycles. The Morgan fingerprint density at radius 1 is 1.38 bits per heavy atom. The first-order valence-electron chi connectivity index (χ1n) is 4.78. The van der Waals surface area contributed by atoms with Gasteiger partial charge < -0.3 is 15.0 Å². The summed E-state index contributed by atoms with van der Waals surface area (Å²) in [5, 5.41) is 8.72. The molecule has 1 aromatic rings. The van der Waals surface area contributed by atoms with E-state index in [0.717, 1.165) is 11.8 Å². The van der Waals surface area contributed by atoms with Crippen LogP contribution in [0.1, 0.15) is 18.0 Å². The van der Waals surface area contributed by atoms with Gasteiger partial charge in [0.25, 0.3) is 0 Å². The molecule has 1 rings (SSSR count). The van der Waals surface area contributed by atoms with Crippen LogP contribution in [-0.4, -0.2) is 26.4 Å². The van der Waals surface area contributed by atoms with Crippen LogP contribution in [-0.2, 0) is 10.1 Å². The van der Waals surface area contributed by atoms with Crippen molar-refractivity contribution in [1.82, 2.24) is 0 Å². The van der Waals surface area contributed by atoms with Gasteiger partial charge >= 0.3 is 10.1 Å². The van der Waals surface area contributed by atoms with E-state index >= 15 is 0 Å². The summed E-state index contributed by atoms with van der Waals surface area (Å²) in [7, 11) is -3.49. The predicted octanol–water partition coefficient (Wildman–Crippen LogP) is 0.407. The van der Waals surface area contributed by atoms with Crippen LogP contribution in [0.15, 0.2) is 24.3 Å². The minimum absolute atomic E-state index is 0.0166. The first-order chi connectivity index (χ1) is 7.42. The lowest BCUT2D eigenvalue weighted by Gasteiger charge is -2.10. The molecular weight excluding hydrogens is 230 g/mol. The van der Waals surface area contributed by atoms with Gasteiger partial charge in [-0.15, -0.1) is 0 Å². The van der Waals surface area contributed by atoms with E-state index in [-0.39, 0.29) is 18.4 Å². The second-order valence-electron chi connectivity index (χ2n) is 3.48. The zero-order valence-corrected chi connectivity index (χ0v) is 9.78. The maximum Gasteiger partial charge on any atom is 0.306 e. The summed E-state index contributed by atoms with van der Waals surface area (Å²) in [5.41, 5.74) is 6.59. The van der Waals surface area contributed by atoms with Crippen molar-refractivity contribution in [3.63, 3.8) is 0 Å². The van der Waals surface area contributed by atoms with E-state index in [0.29, 0.717) is 6.42 Å². The van der Waals surface area contributed by atoms with Gasteiger partial charge in [0.1, 0.15) is 5.75 Å². The predicted molar refractivity (Wildman–Crippen MR) is 60.5 cm³/mol.